The maximum atomic E-state index is 11.3. The predicted octanol–water partition coefficient (Wildman–Crippen LogP) is 4.47. The van der Waals surface area contributed by atoms with E-state index in [4.69, 9.17) is 0 Å². The Morgan fingerprint density at radius 3 is 2.17 bits per heavy atom. The average molecular weight is 387 g/mol. The molecule has 0 atom stereocenters. The number of hydrogen-bond donors (Lipinski definition) is 0. The molecule has 24 heavy (non-hydrogen) atoms. The number of benzene rings is 2. The van der Waals surface area contributed by atoms with Crippen molar-refractivity contribution in [1.29, 1.82) is 0 Å². The van der Waals surface area contributed by atoms with Crippen molar-refractivity contribution >= 4 is 33.1 Å². The van der Waals surface area contributed by atoms with E-state index < -0.39 is 0 Å². The monoisotopic (exact) mass is 386 g/mol. The molecule has 1 heterocycles. The predicted molar refractivity (Wildman–Crippen MR) is 98.9 cm³/mol. The minimum absolute atomic E-state index is 0.0970. The number of carbonyl (C=O) groups excluding carboxylic acids is 1. The van der Waals surface area contributed by atoms with E-state index in [1.165, 1.54) is 0 Å². The third-order valence-corrected chi connectivity index (χ3v) is 4.54. The number of nitrogens with zero attached hydrogens (tertiary/aromatic N) is 4. The van der Waals surface area contributed by atoms with Gasteiger partial charge in [-0.05, 0) is 55.5 Å². The molecule has 0 spiro atoms. The van der Waals surface area contributed by atoms with Crippen LogP contribution in [-0.2, 0) is 0 Å². The van der Waals surface area contributed by atoms with Crippen LogP contribution in [0.1, 0.15) is 17.3 Å². The summed E-state index contributed by atoms with van der Waals surface area (Å²) in [6.07, 6.45) is 0. The maximum absolute atomic E-state index is 11.3. The highest BCUT2D eigenvalue weighted by atomic mass is 79.9. The van der Waals surface area contributed by atoms with Crippen molar-refractivity contribution in [3.63, 3.8) is 0 Å². The van der Waals surface area contributed by atoms with Crippen LogP contribution in [0.25, 0.3) is 0 Å². The molecule has 0 aliphatic carbocycles. The van der Waals surface area contributed by atoms with Gasteiger partial charge >= 0.3 is 0 Å². The standard InChI is InChI=1S/C18H19BrN4O/c1-14(24)15-2-8-18(9-3-15)22-10-12-23(13-11-22)21-20-17-6-4-16(19)5-7-17/h2-9H,10-13H2,1H3. The summed E-state index contributed by atoms with van der Waals surface area (Å²) in [5, 5.41) is 10.6. The number of anilines is 1. The number of Topliss-reactive ketones (excluding diaryl/α,β-unsaturated/α-hetero) is 1. The summed E-state index contributed by atoms with van der Waals surface area (Å²) in [5.74, 6) is 0.0970. The van der Waals surface area contributed by atoms with Gasteiger partial charge in [-0.3, -0.25) is 9.80 Å². The number of carbonyl (C=O) groups is 1. The molecule has 1 fully saturated rings. The second kappa shape index (κ2) is 7.57. The molecule has 0 aromatic heterocycles. The summed E-state index contributed by atoms with van der Waals surface area (Å²) >= 11 is 3.41. The lowest BCUT2D eigenvalue weighted by Crippen LogP contribution is -2.43. The number of halogens is 1. The minimum atomic E-state index is 0.0970. The topological polar surface area (TPSA) is 48.3 Å². The van der Waals surface area contributed by atoms with Crippen molar-refractivity contribution in [2.75, 3.05) is 31.1 Å². The van der Waals surface area contributed by atoms with E-state index in [9.17, 15) is 4.79 Å². The fourth-order valence-corrected chi connectivity index (χ4v) is 2.84. The van der Waals surface area contributed by atoms with Crippen LogP contribution < -0.4 is 4.90 Å². The zero-order valence-corrected chi connectivity index (χ0v) is 15.1. The highest BCUT2D eigenvalue weighted by Crippen LogP contribution is 2.20. The van der Waals surface area contributed by atoms with Gasteiger partial charge < -0.3 is 4.90 Å². The third-order valence-electron chi connectivity index (χ3n) is 4.01. The molecule has 1 aliphatic heterocycles. The number of piperazine rings is 1. The Hall–Kier alpha value is -2.21. The normalized spacial score (nSPS) is 15.1. The van der Waals surface area contributed by atoms with Crippen molar-refractivity contribution < 1.29 is 4.79 Å². The van der Waals surface area contributed by atoms with Crippen LogP contribution in [0.5, 0.6) is 0 Å². The van der Waals surface area contributed by atoms with Gasteiger partial charge in [0.2, 0.25) is 0 Å². The molecule has 0 unspecified atom stereocenters. The summed E-state index contributed by atoms with van der Waals surface area (Å²) < 4.78 is 1.03. The minimum Gasteiger partial charge on any atom is -0.368 e. The molecule has 0 amide bonds. The fourth-order valence-electron chi connectivity index (χ4n) is 2.57. The first-order valence-electron chi connectivity index (χ1n) is 7.90. The van der Waals surface area contributed by atoms with Gasteiger partial charge in [-0.1, -0.05) is 21.2 Å². The number of ketones is 1. The van der Waals surface area contributed by atoms with Crippen LogP contribution in [0.15, 0.2) is 63.3 Å². The van der Waals surface area contributed by atoms with Crippen molar-refractivity contribution in [3.8, 4) is 0 Å². The average Bonchev–Trinajstić information content (AvgIpc) is 2.62. The van der Waals surface area contributed by atoms with Crippen LogP contribution in [0.4, 0.5) is 11.4 Å². The Morgan fingerprint density at radius 2 is 1.58 bits per heavy atom. The highest BCUT2D eigenvalue weighted by Gasteiger charge is 2.16. The van der Waals surface area contributed by atoms with Crippen molar-refractivity contribution in [3.05, 3.63) is 58.6 Å². The Bertz CT molecular complexity index is 720. The highest BCUT2D eigenvalue weighted by molar-refractivity contribution is 9.10. The van der Waals surface area contributed by atoms with E-state index in [2.05, 4.69) is 31.2 Å². The number of rotatable bonds is 4. The zero-order chi connectivity index (χ0) is 16.9. The smallest absolute Gasteiger partial charge is 0.159 e. The molecular formula is C18H19BrN4O. The molecule has 2 aromatic rings. The Morgan fingerprint density at radius 1 is 0.958 bits per heavy atom. The van der Waals surface area contributed by atoms with Crippen LogP contribution >= 0.6 is 15.9 Å². The first-order chi connectivity index (χ1) is 11.6. The quantitative estimate of drug-likeness (QED) is 0.575. The molecule has 0 radical (unpaired) electrons. The van der Waals surface area contributed by atoms with Crippen molar-refractivity contribution in [2.45, 2.75) is 6.92 Å². The summed E-state index contributed by atoms with van der Waals surface area (Å²) in [6, 6.07) is 15.6. The van der Waals surface area contributed by atoms with E-state index in [0.29, 0.717) is 0 Å². The second-order valence-corrected chi connectivity index (χ2v) is 6.63. The second-order valence-electron chi connectivity index (χ2n) is 5.71. The Balaban J connectivity index is 1.55. The summed E-state index contributed by atoms with van der Waals surface area (Å²) in [6.45, 7) is 5.02. The molecular weight excluding hydrogens is 368 g/mol. The van der Waals surface area contributed by atoms with Crippen LogP contribution in [0.2, 0.25) is 0 Å². The third kappa shape index (κ3) is 4.20. The molecule has 6 heteroatoms. The van der Waals surface area contributed by atoms with E-state index in [1.54, 1.807) is 6.92 Å². The number of hydrogen-bond acceptors (Lipinski definition) is 4. The summed E-state index contributed by atoms with van der Waals surface area (Å²) in [7, 11) is 0. The van der Waals surface area contributed by atoms with Gasteiger partial charge in [-0.15, -0.1) is 5.11 Å². The molecule has 1 saturated heterocycles. The maximum Gasteiger partial charge on any atom is 0.159 e. The fraction of sp³-hybridized carbons (Fsp3) is 0.278. The molecule has 0 N–H and O–H groups in total. The van der Waals surface area contributed by atoms with Gasteiger partial charge in [-0.25, -0.2) is 0 Å². The molecule has 2 aromatic carbocycles. The first-order valence-corrected chi connectivity index (χ1v) is 8.69. The zero-order valence-electron chi connectivity index (χ0n) is 13.5. The Labute approximate surface area is 150 Å². The van der Waals surface area contributed by atoms with Crippen molar-refractivity contribution in [1.82, 2.24) is 5.01 Å². The SMILES string of the molecule is CC(=O)c1ccc(N2CCN(N=Nc3ccc(Br)cc3)CC2)cc1. The summed E-state index contributed by atoms with van der Waals surface area (Å²) in [5.41, 5.74) is 2.74. The lowest BCUT2D eigenvalue weighted by molar-refractivity contribution is 0.101. The molecule has 0 saturated carbocycles. The van der Waals surface area contributed by atoms with Gasteiger partial charge in [0.25, 0.3) is 0 Å². The largest absolute Gasteiger partial charge is 0.368 e. The van der Waals surface area contributed by atoms with Crippen molar-refractivity contribution in [2.24, 2.45) is 10.3 Å². The van der Waals surface area contributed by atoms with Crippen LogP contribution in [-0.4, -0.2) is 37.0 Å². The molecule has 124 valence electrons. The van der Waals surface area contributed by atoms with Crippen LogP contribution in [0, 0.1) is 0 Å². The van der Waals surface area contributed by atoms with Gasteiger partial charge in [0.15, 0.2) is 5.78 Å². The molecule has 3 rings (SSSR count). The van der Waals surface area contributed by atoms with Gasteiger partial charge in [-0.2, -0.15) is 0 Å². The molecule has 0 bridgehead atoms. The van der Waals surface area contributed by atoms with E-state index in [0.717, 1.165) is 47.6 Å². The van der Waals surface area contributed by atoms with Gasteiger partial charge in [0, 0.05) is 28.8 Å². The summed E-state index contributed by atoms with van der Waals surface area (Å²) in [4.78, 5) is 13.6. The molecule has 5 nitrogen and oxygen atoms in total. The Kier molecular flexibility index (Phi) is 5.25. The van der Waals surface area contributed by atoms with E-state index in [1.807, 2.05) is 53.5 Å². The van der Waals surface area contributed by atoms with Crippen LogP contribution in [0.3, 0.4) is 0 Å². The van der Waals surface area contributed by atoms with E-state index in [-0.39, 0.29) is 5.78 Å². The van der Waals surface area contributed by atoms with E-state index >= 15 is 0 Å². The van der Waals surface area contributed by atoms with Gasteiger partial charge in [0.1, 0.15) is 0 Å². The first kappa shape index (κ1) is 16.6. The molecule has 1 aliphatic rings. The van der Waals surface area contributed by atoms with Gasteiger partial charge in [0.05, 0.1) is 18.8 Å². The lowest BCUT2D eigenvalue weighted by atomic mass is 10.1. The lowest BCUT2D eigenvalue weighted by Gasteiger charge is -2.33.